The summed E-state index contributed by atoms with van der Waals surface area (Å²) < 4.78 is 0. The minimum Gasteiger partial charge on any atom is -0.342 e. The molecule has 184 valence electrons. The molecular formula is C25H41N5O3. The van der Waals surface area contributed by atoms with Crippen LogP contribution in [0.15, 0.2) is 30.3 Å². The van der Waals surface area contributed by atoms with Gasteiger partial charge in [0.1, 0.15) is 6.04 Å². The Bertz CT molecular complexity index is 793. The lowest BCUT2D eigenvalue weighted by Crippen LogP contribution is -2.59. The first-order chi connectivity index (χ1) is 15.6. The number of hydrogen-bond acceptors (Lipinski definition) is 5. The van der Waals surface area contributed by atoms with Crippen LogP contribution in [0.4, 0.5) is 0 Å². The van der Waals surface area contributed by atoms with Crippen LogP contribution >= 0.6 is 0 Å². The van der Waals surface area contributed by atoms with Gasteiger partial charge in [0.15, 0.2) is 0 Å². The van der Waals surface area contributed by atoms with Gasteiger partial charge in [0, 0.05) is 25.7 Å². The Labute approximate surface area is 198 Å². The maximum Gasteiger partial charge on any atom is 0.246 e. The second-order valence-electron chi connectivity index (χ2n) is 9.93. The molecule has 0 saturated carbocycles. The molecule has 0 spiro atoms. The number of carbonyl (C=O) groups is 3. The topological polar surface area (TPSA) is 108 Å². The number of rotatable bonds is 10. The van der Waals surface area contributed by atoms with E-state index in [2.05, 4.69) is 10.6 Å². The van der Waals surface area contributed by atoms with E-state index in [1.54, 1.807) is 18.9 Å². The molecule has 1 aromatic rings. The van der Waals surface area contributed by atoms with E-state index in [0.29, 0.717) is 19.6 Å². The molecule has 0 radical (unpaired) electrons. The lowest BCUT2D eigenvalue weighted by Gasteiger charge is -2.37. The second-order valence-corrected chi connectivity index (χ2v) is 9.93. The van der Waals surface area contributed by atoms with Gasteiger partial charge >= 0.3 is 0 Å². The number of carbonyl (C=O) groups excluding carboxylic acids is 3. The Morgan fingerprint density at radius 3 is 2.45 bits per heavy atom. The zero-order valence-corrected chi connectivity index (χ0v) is 20.8. The standard InChI is InChI=1S/C25H41N5O3/c1-18(27-5)23(32)28-22(25(2,3)4)24(33)30-14-9-12-20(30)17-29(21(31)16-26)15-13-19-10-7-6-8-11-19/h6-8,10-11,18,20,22,27H,9,12-17,26H2,1-5H3,(H,28,32)/t18-,20-,22+/m0/s1. The van der Waals surface area contributed by atoms with Crippen molar-refractivity contribution in [3.63, 3.8) is 0 Å². The van der Waals surface area contributed by atoms with Crippen molar-refractivity contribution in [1.29, 1.82) is 0 Å². The molecule has 0 aliphatic carbocycles. The highest BCUT2D eigenvalue weighted by Crippen LogP contribution is 2.26. The van der Waals surface area contributed by atoms with E-state index in [-0.39, 0.29) is 30.3 Å². The van der Waals surface area contributed by atoms with Crippen molar-refractivity contribution in [3.8, 4) is 0 Å². The Hall–Kier alpha value is -2.45. The normalized spacial score (nSPS) is 18.0. The fraction of sp³-hybridized carbons (Fsp3) is 0.640. The molecule has 3 amide bonds. The van der Waals surface area contributed by atoms with Gasteiger partial charge in [-0.3, -0.25) is 14.4 Å². The van der Waals surface area contributed by atoms with E-state index in [0.717, 1.165) is 24.8 Å². The third kappa shape index (κ3) is 7.54. The number of nitrogens with one attached hydrogen (secondary N) is 2. The molecule has 1 aliphatic rings. The maximum atomic E-state index is 13.6. The summed E-state index contributed by atoms with van der Waals surface area (Å²) in [5, 5.41) is 5.86. The Morgan fingerprint density at radius 1 is 1.21 bits per heavy atom. The molecule has 1 fully saturated rings. The second kappa shape index (κ2) is 12.1. The summed E-state index contributed by atoms with van der Waals surface area (Å²) in [6.07, 6.45) is 2.43. The molecule has 0 aromatic heterocycles. The number of likely N-dealkylation sites (N-methyl/N-ethyl adjacent to an activating group) is 1. The Balaban J connectivity index is 2.13. The minimum absolute atomic E-state index is 0.0575. The predicted octanol–water partition coefficient (Wildman–Crippen LogP) is 1.15. The van der Waals surface area contributed by atoms with Crippen LogP contribution in [0.3, 0.4) is 0 Å². The van der Waals surface area contributed by atoms with Crippen molar-refractivity contribution in [2.75, 3.05) is 33.2 Å². The van der Waals surface area contributed by atoms with Crippen LogP contribution in [0.2, 0.25) is 0 Å². The summed E-state index contributed by atoms with van der Waals surface area (Å²) in [4.78, 5) is 42.4. The van der Waals surface area contributed by atoms with Gasteiger partial charge in [0.2, 0.25) is 17.7 Å². The first-order valence-corrected chi connectivity index (χ1v) is 11.9. The molecule has 1 heterocycles. The summed E-state index contributed by atoms with van der Waals surface area (Å²) in [5.41, 5.74) is 6.39. The van der Waals surface area contributed by atoms with Gasteiger partial charge in [-0.2, -0.15) is 0 Å². The van der Waals surface area contributed by atoms with Crippen molar-refractivity contribution in [3.05, 3.63) is 35.9 Å². The van der Waals surface area contributed by atoms with Gasteiger partial charge in [-0.1, -0.05) is 51.1 Å². The average molecular weight is 460 g/mol. The van der Waals surface area contributed by atoms with Gasteiger partial charge in [-0.25, -0.2) is 0 Å². The van der Waals surface area contributed by atoms with Crippen molar-refractivity contribution in [2.24, 2.45) is 11.1 Å². The minimum atomic E-state index is -0.649. The van der Waals surface area contributed by atoms with Crippen molar-refractivity contribution in [1.82, 2.24) is 20.4 Å². The highest BCUT2D eigenvalue weighted by molar-refractivity contribution is 5.90. The zero-order valence-electron chi connectivity index (χ0n) is 20.8. The van der Waals surface area contributed by atoms with Crippen LogP contribution in [0.25, 0.3) is 0 Å². The quantitative estimate of drug-likeness (QED) is 0.486. The number of nitrogens with zero attached hydrogens (tertiary/aromatic N) is 2. The highest BCUT2D eigenvalue weighted by Gasteiger charge is 2.40. The number of hydrogen-bond donors (Lipinski definition) is 3. The first kappa shape index (κ1) is 26.8. The van der Waals surface area contributed by atoms with E-state index in [4.69, 9.17) is 5.73 Å². The maximum absolute atomic E-state index is 13.6. The molecule has 33 heavy (non-hydrogen) atoms. The van der Waals surface area contributed by atoms with Crippen LogP contribution in [0.1, 0.15) is 46.1 Å². The summed E-state index contributed by atoms with van der Waals surface area (Å²) in [6, 6.07) is 8.88. The van der Waals surface area contributed by atoms with E-state index in [9.17, 15) is 14.4 Å². The van der Waals surface area contributed by atoms with Crippen molar-refractivity contribution in [2.45, 2.75) is 65.1 Å². The fourth-order valence-corrected chi connectivity index (χ4v) is 4.14. The SMILES string of the molecule is CN[C@@H](C)C(=O)N[C@H](C(=O)N1CCC[C@H]1CN(CCc1ccccc1)C(=O)CN)C(C)(C)C. The smallest absolute Gasteiger partial charge is 0.246 e. The molecule has 4 N–H and O–H groups in total. The number of likely N-dealkylation sites (tertiary alicyclic amines) is 1. The summed E-state index contributed by atoms with van der Waals surface area (Å²) in [5.74, 6) is -0.414. The third-order valence-corrected chi connectivity index (χ3v) is 6.36. The predicted molar refractivity (Wildman–Crippen MR) is 130 cm³/mol. The summed E-state index contributed by atoms with van der Waals surface area (Å²) in [6.45, 7) is 9.19. The van der Waals surface area contributed by atoms with E-state index in [1.807, 2.05) is 56.0 Å². The van der Waals surface area contributed by atoms with Crippen LogP contribution in [-0.2, 0) is 20.8 Å². The molecule has 1 aliphatic heterocycles. The number of amides is 3. The largest absolute Gasteiger partial charge is 0.342 e. The van der Waals surface area contributed by atoms with Crippen LogP contribution in [0.5, 0.6) is 0 Å². The summed E-state index contributed by atoms with van der Waals surface area (Å²) in [7, 11) is 1.72. The van der Waals surface area contributed by atoms with Crippen LogP contribution in [0, 0.1) is 5.41 Å². The number of benzene rings is 1. The molecule has 1 aromatic carbocycles. The lowest BCUT2D eigenvalue weighted by atomic mass is 9.85. The van der Waals surface area contributed by atoms with Crippen molar-refractivity contribution >= 4 is 17.7 Å². The molecule has 8 nitrogen and oxygen atoms in total. The van der Waals surface area contributed by atoms with Crippen LogP contribution in [-0.4, -0.2) is 78.9 Å². The van der Waals surface area contributed by atoms with E-state index in [1.165, 1.54) is 0 Å². The molecule has 1 saturated heterocycles. The first-order valence-electron chi connectivity index (χ1n) is 11.9. The van der Waals surface area contributed by atoms with Gasteiger partial charge in [-0.05, 0) is 44.2 Å². The van der Waals surface area contributed by atoms with Gasteiger partial charge < -0.3 is 26.2 Å². The summed E-state index contributed by atoms with van der Waals surface area (Å²) >= 11 is 0. The molecular weight excluding hydrogens is 418 g/mol. The molecule has 3 atom stereocenters. The number of nitrogens with two attached hydrogens (primary N) is 1. The monoisotopic (exact) mass is 459 g/mol. The van der Waals surface area contributed by atoms with Crippen LogP contribution < -0.4 is 16.4 Å². The Kier molecular flexibility index (Phi) is 9.86. The highest BCUT2D eigenvalue weighted by atomic mass is 16.2. The Morgan fingerprint density at radius 2 is 1.88 bits per heavy atom. The fourth-order valence-electron chi connectivity index (χ4n) is 4.14. The van der Waals surface area contributed by atoms with Gasteiger partial charge in [0.05, 0.1) is 12.6 Å². The van der Waals surface area contributed by atoms with Gasteiger partial charge in [0.25, 0.3) is 0 Å². The van der Waals surface area contributed by atoms with Gasteiger partial charge in [-0.15, -0.1) is 0 Å². The van der Waals surface area contributed by atoms with E-state index < -0.39 is 17.5 Å². The molecule has 8 heteroatoms. The molecule has 0 bridgehead atoms. The third-order valence-electron chi connectivity index (χ3n) is 6.36. The molecule has 0 unspecified atom stereocenters. The average Bonchev–Trinajstić information content (AvgIpc) is 3.26. The van der Waals surface area contributed by atoms with E-state index >= 15 is 0 Å². The lowest BCUT2D eigenvalue weighted by molar-refractivity contribution is -0.142. The van der Waals surface area contributed by atoms with Crippen molar-refractivity contribution < 1.29 is 14.4 Å². The zero-order chi connectivity index (χ0) is 24.6. The molecule has 2 rings (SSSR count).